The van der Waals surface area contributed by atoms with E-state index in [0.717, 1.165) is 38.8 Å². The van der Waals surface area contributed by atoms with Crippen LogP contribution in [-0.2, 0) is 9.47 Å². The van der Waals surface area contributed by atoms with Crippen LogP contribution in [0, 0.1) is 6.92 Å². The maximum absolute atomic E-state index is 5.52. The fourth-order valence-electron chi connectivity index (χ4n) is 3.05. The highest BCUT2D eigenvalue weighted by molar-refractivity contribution is 5.80. The molecule has 1 aliphatic rings. The molecule has 0 aliphatic carbocycles. The molecule has 2 atom stereocenters. The van der Waals surface area contributed by atoms with Gasteiger partial charge in [-0.1, -0.05) is 29.8 Å². The van der Waals surface area contributed by atoms with Gasteiger partial charge >= 0.3 is 0 Å². The summed E-state index contributed by atoms with van der Waals surface area (Å²) in [7, 11) is 3.50. The zero-order chi connectivity index (χ0) is 18.1. The molecule has 140 valence electrons. The molecule has 25 heavy (non-hydrogen) atoms. The van der Waals surface area contributed by atoms with Crippen LogP contribution in [0.25, 0.3) is 0 Å². The van der Waals surface area contributed by atoms with Crippen molar-refractivity contribution in [2.24, 2.45) is 4.99 Å². The molecule has 1 aromatic rings. The molecule has 1 heterocycles. The van der Waals surface area contributed by atoms with Gasteiger partial charge in [-0.15, -0.1) is 0 Å². The summed E-state index contributed by atoms with van der Waals surface area (Å²) in [5.74, 6) is 0.801. The van der Waals surface area contributed by atoms with E-state index in [9.17, 15) is 0 Å². The van der Waals surface area contributed by atoms with Crippen LogP contribution in [0.15, 0.2) is 29.3 Å². The Labute approximate surface area is 151 Å². The lowest BCUT2D eigenvalue weighted by molar-refractivity contribution is 0.0170. The van der Waals surface area contributed by atoms with Crippen molar-refractivity contribution in [1.82, 2.24) is 15.5 Å². The van der Waals surface area contributed by atoms with E-state index >= 15 is 0 Å². The van der Waals surface area contributed by atoms with Crippen molar-refractivity contribution in [2.75, 3.05) is 53.6 Å². The SMILES string of the molecule is CN=C(NCC(c1ccc(C)cc1)N1CCOCC1)NC(C)COC. The zero-order valence-corrected chi connectivity index (χ0v) is 15.9. The number of aliphatic imine (C=N–C) groups is 1. The van der Waals surface area contributed by atoms with E-state index in [0.29, 0.717) is 12.6 Å². The number of morpholine rings is 1. The summed E-state index contributed by atoms with van der Waals surface area (Å²) in [5, 5.41) is 6.83. The summed E-state index contributed by atoms with van der Waals surface area (Å²) in [6.45, 7) is 9.12. The van der Waals surface area contributed by atoms with Gasteiger partial charge in [0.25, 0.3) is 0 Å². The van der Waals surface area contributed by atoms with E-state index in [1.54, 1.807) is 14.2 Å². The fraction of sp³-hybridized carbons (Fsp3) is 0.632. The quantitative estimate of drug-likeness (QED) is 0.579. The second-order valence-corrected chi connectivity index (χ2v) is 6.53. The van der Waals surface area contributed by atoms with Crippen molar-refractivity contribution < 1.29 is 9.47 Å². The van der Waals surface area contributed by atoms with Gasteiger partial charge in [0.2, 0.25) is 0 Å². The number of hydrogen-bond donors (Lipinski definition) is 2. The van der Waals surface area contributed by atoms with Gasteiger partial charge in [0, 0.05) is 39.8 Å². The molecule has 1 fully saturated rings. The number of aryl methyl sites for hydroxylation is 1. The molecule has 2 unspecified atom stereocenters. The van der Waals surface area contributed by atoms with Crippen LogP contribution in [0.1, 0.15) is 24.1 Å². The van der Waals surface area contributed by atoms with Gasteiger partial charge in [-0.2, -0.15) is 0 Å². The monoisotopic (exact) mass is 348 g/mol. The first-order chi connectivity index (χ1) is 12.1. The van der Waals surface area contributed by atoms with E-state index in [2.05, 4.69) is 58.6 Å². The number of nitrogens with one attached hydrogen (secondary N) is 2. The van der Waals surface area contributed by atoms with E-state index in [1.165, 1.54) is 11.1 Å². The van der Waals surface area contributed by atoms with Crippen LogP contribution < -0.4 is 10.6 Å². The minimum absolute atomic E-state index is 0.206. The lowest BCUT2D eigenvalue weighted by atomic mass is 10.0. The average molecular weight is 348 g/mol. The van der Waals surface area contributed by atoms with Crippen LogP contribution in [0.3, 0.4) is 0 Å². The molecule has 0 amide bonds. The molecule has 6 heteroatoms. The minimum Gasteiger partial charge on any atom is -0.383 e. The molecule has 2 rings (SSSR count). The summed E-state index contributed by atoms with van der Waals surface area (Å²) in [4.78, 5) is 6.81. The molecule has 0 aromatic heterocycles. The molecule has 0 radical (unpaired) electrons. The molecule has 1 aliphatic heterocycles. The van der Waals surface area contributed by atoms with Gasteiger partial charge in [-0.25, -0.2) is 0 Å². The number of methoxy groups -OCH3 is 1. The molecule has 0 bridgehead atoms. The van der Waals surface area contributed by atoms with Gasteiger partial charge in [-0.3, -0.25) is 9.89 Å². The highest BCUT2D eigenvalue weighted by Gasteiger charge is 2.23. The van der Waals surface area contributed by atoms with Crippen molar-refractivity contribution in [3.05, 3.63) is 35.4 Å². The molecule has 0 saturated carbocycles. The third-order valence-electron chi connectivity index (χ3n) is 4.43. The summed E-state index contributed by atoms with van der Waals surface area (Å²) < 4.78 is 10.7. The van der Waals surface area contributed by atoms with Gasteiger partial charge in [0.05, 0.1) is 25.9 Å². The topological polar surface area (TPSA) is 58.1 Å². The van der Waals surface area contributed by atoms with Crippen molar-refractivity contribution in [3.8, 4) is 0 Å². The van der Waals surface area contributed by atoms with Crippen molar-refractivity contribution in [2.45, 2.75) is 25.9 Å². The highest BCUT2D eigenvalue weighted by Crippen LogP contribution is 2.21. The minimum atomic E-state index is 0.206. The van der Waals surface area contributed by atoms with Gasteiger partial charge in [-0.05, 0) is 19.4 Å². The number of hydrogen-bond acceptors (Lipinski definition) is 4. The molecular weight excluding hydrogens is 316 g/mol. The van der Waals surface area contributed by atoms with Crippen LogP contribution in [0.4, 0.5) is 0 Å². The standard InChI is InChI=1S/C19H32N4O2/c1-15-5-7-17(8-6-15)18(23-9-11-25-12-10-23)13-21-19(20-3)22-16(2)14-24-4/h5-8,16,18H,9-14H2,1-4H3,(H2,20,21,22). The summed E-state index contributed by atoms with van der Waals surface area (Å²) in [6, 6.07) is 9.30. The van der Waals surface area contributed by atoms with Crippen LogP contribution >= 0.6 is 0 Å². The second-order valence-electron chi connectivity index (χ2n) is 6.53. The van der Waals surface area contributed by atoms with E-state index in [-0.39, 0.29) is 6.04 Å². The first kappa shape index (κ1) is 19.7. The summed E-state index contributed by atoms with van der Waals surface area (Å²) >= 11 is 0. The second kappa shape index (κ2) is 10.4. The van der Waals surface area contributed by atoms with E-state index in [4.69, 9.17) is 9.47 Å². The van der Waals surface area contributed by atoms with Crippen LogP contribution in [-0.4, -0.2) is 70.5 Å². The highest BCUT2D eigenvalue weighted by atomic mass is 16.5. The van der Waals surface area contributed by atoms with Gasteiger partial charge in [0.1, 0.15) is 0 Å². The third-order valence-corrected chi connectivity index (χ3v) is 4.43. The predicted molar refractivity (Wildman–Crippen MR) is 102 cm³/mol. The first-order valence-electron chi connectivity index (χ1n) is 8.98. The molecule has 2 N–H and O–H groups in total. The average Bonchev–Trinajstić information content (AvgIpc) is 2.63. The van der Waals surface area contributed by atoms with Gasteiger partial charge in [0.15, 0.2) is 5.96 Å². The molecule has 1 aromatic carbocycles. The normalized spacial score (nSPS) is 18.6. The number of ether oxygens (including phenoxy) is 2. The largest absolute Gasteiger partial charge is 0.383 e. The lowest BCUT2D eigenvalue weighted by Crippen LogP contribution is -2.48. The van der Waals surface area contributed by atoms with Crippen LogP contribution in [0.2, 0.25) is 0 Å². The van der Waals surface area contributed by atoms with Crippen molar-refractivity contribution >= 4 is 5.96 Å². The number of guanidine groups is 1. The Morgan fingerprint density at radius 2 is 1.96 bits per heavy atom. The lowest BCUT2D eigenvalue weighted by Gasteiger charge is -2.35. The Bertz CT molecular complexity index is 527. The van der Waals surface area contributed by atoms with Crippen LogP contribution in [0.5, 0.6) is 0 Å². The Morgan fingerprint density at radius 1 is 1.28 bits per heavy atom. The Balaban J connectivity index is 2.03. The summed E-state index contributed by atoms with van der Waals surface area (Å²) in [6.07, 6.45) is 0. The van der Waals surface area contributed by atoms with Gasteiger partial charge < -0.3 is 20.1 Å². The molecule has 6 nitrogen and oxygen atoms in total. The zero-order valence-electron chi connectivity index (χ0n) is 15.9. The molecular formula is C19H32N4O2. The fourth-order valence-corrected chi connectivity index (χ4v) is 3.05. The Morgan fingerprint density at radius 3 is 2.56 bits per heavy atom. The maximum Gasteiger partial charge on any atom is 0.191 e. The van der Waals surface area contributed by atoms with E-state index < -0.39 is 0 Å². The third kappa shape index (κ3) is 6.30. The van der Waals surface area contributed by atoms with E-state index in [1.807, 2.05) is 0 Å². The molecule has 1 saturated heterocycles. The summed E-state index contributed by atoms with van der Waals surface area (Å²) in [5.41, 5.74) is 2.60. The number of nitrogens with zero attached hydrogens (tertiary/aromatic N) is 2. The smallest absolute Gasteiger partial charge is 0.191 e. The Kier molecular flexibility index (Phi) is 8.18. The van der Waals surface area contributed by atoms with Crippen molar-refractivity contribution in [3.63, 3.8) is 0 Å². The Hall–Kier alpha value is -1.63. The maximum atomic E-state index is 5.52. The predicted octanol–water partition coefficient (Wildman–Crippen LogP) is 1.57. The molecule has 0 spiro atoms. The number of benzene rings is 1. The van der Waals surface area contributed by atoms with Crippen molar-refractivity contribution in [1.29, 1.82) is 0 Å². The first-order valence-corrected chi connectivity index (χ1v) is 8.98. The number of rotatable bonds is 7.